The van der Waals surface area contributed by atoms with E-state index in [1.165, 1.54) is 11.3 Å². The molecular weight excluding hydrogens is 393 g/mol. The van der Waals surface area contributed by atoms with Crippen molar-refractivity contribution in [2.75, 3.05) is 11.9 Å². The second-order valence-corrected chi connectivity index (χ2v) is 7.46. The highest BCUT2D eigenvalue weighted by molar-refractivity contribution is 7.15. The third-order valence-electron chi connectivity index (χ3n) is 3.48. The lowest BCUT2D eigenvalue weighted by molar-refractivity contribution is -0.118. The van der Waals surface area contributed by atoms with Crippen molar-refractivity contribution >= 4 is 45.6 Å². The van der Waals surface area contributed by atoms with Crippen LogP contribution in [0.15, 0.2) is 42.5 Å². The Morgan fingerprint density at radius 3 is 2.65 bits per heavy atom. The molecule has 0 atom stereocenters. The highest BCUT2D eigenvalue weighted by Crippen LogP contribution is 2.22. The molecular formula is C18H15Cl2N3O2S. The number of carbonyl (C=O) groups is 1. The summed E-state index contributed by atoms with van der Waals surface area (Å²) in [6.45, 7) is 1.76. The number of hydrogen-bond donors (Lipinski definition) is 1. The molecule has 8 heteroatoms. The molecule has 1 heterocycles. The van der Waals surface area contributed by atoms with E-state index >= 15 is 0 Å². The van der Waals surface area contributed by atoms with E-state index in [-0.39, 0.29) is 12.5 Å². The highest BCUT2D eigenvalue weighted by Gasteiger charge is 2.10. The molecule has 0 saturated heterocycles. The van der Waals surface area contributed by atoms with Gasteiger partial charge in [0.1, 0.15) is 10.8 Å². The van der Waals surface area contributed by atoms with E-state index in [9.17, 15) is 4.79 Å². The average Bonchev–Trinajstić information content (AvgIpc) is 3.05. The summed E-state index contributed by atoms with van der Waals surface area (Å²) in [5.74, 6) is 0.287. The monoisotopic (exact) mass is 407 g/mol. The van der Waals surface area contributed by atoms with Gasteiger partial charge >= 0.3 is 0 Å². The quantitative estimate of drug-likeness (QED) is 0.639. The molecule has 1 amide bonds. The van der Waals surface area contributed by atoms with Crippen molar-refractivity contribution in [3.63, 3.8) is 0 Å². The smallest absolute Gasteiger partial charge is 0.264 e. The summed E-state index contributed by atoms with van der Waals surface area (Å²) in [5, 5.41) is 13.4. The van der Waals surface area contributed by atoms with E-state index in [4.69, 9.17) is 27.9 Å². The Bertz CT molecular complexity index is 913. The number of aromatic nitrogens is 2. The fourth-order valence-corrected chi connectivity index (χ4v) is 3.20. The van der Waals surface area contributed by atoms with E-state index in [1.807, 2.05) is 31.2 Å². The van der Waals surface area contributed by atoms with Gasteiger partial charge in [0.25, 0.3) is 5.91 Å². The molecule has 2 aromatic carbocycles. The predicted octanol–water partition coefficient (Wildman–Crippen LogP) is 4.76. The number of nitrogens with one attached hydrogen (secondary N) is 1. The van der Waals surface area contributed by atoms with Crippen molar-refractivity contribution < 1.29 is 9.53 Å². The average molecular weight is 408 g/mol. The molecule has 3 aromatic rings. The maximum Gasteiger partial charge on any atom is 0.264 e. The van der Waals surface area contributed by atoms with Crippen LogP contribution in [0.1, 0.15) is 16.1 Å². The minimum atomic E-state index is -0.299. The van der Waals surface area contributed by atoms with Crippen molar-refractivity contribution in [2.45, 2.75) is 13.3 Å². The first-order valence-corrected chi connectivity index (χ1v) is 9.32. The molecule has 3 rings (SSSR count). The minimum Gasteiger partial charge on any atom is -0.484 e. The van der Waals surface area contributed by atoms with Gasteiger partial charge in [0, 0.05) is 16.5 Å². The van der Waals surface area contributed by atoms with Crippen LogP contribution >= 0.6 is 34.5 Å². The minimum absolute atomic E-state index is 0.118. The van der Waals surface area contributed by atoms with Crippen molar-refractivity contribution in [1.29, 1.82) is 0 Å². The molecule has 0 aliphatic carbocycles. The molecule has 0 saturated carbocycles. The lowest BCUT2D eigenvalue weighted by atomic mass is 10.2. The van der Waals surface area contributed by atoms with E-state index in [1.54, 1.807) is 18.2 Å². The number of anilines is 1. The van der Waals surface area contributed by atoms with Gasteiger partial charge in [-0.15, -0.1) is 10.2 Å². The predicted molar refractivity (Wildman–Crippen MR) is 104 cm³/mol. The van der Waals surface area contributed by atoms with E-state index in [0.29, 0.717) is 27.3 Å². The molecule has 0 aliphatic heterocycles. The molecule has 0 aliphatic rings. The van der Waals surface area contributed by atoms with E-state index < -0.39 is 0 Å². The summed E-state index contributed by atoms with van der Waals surface area (Å²) >= 11 is 13.2. The zero-order chi connectivity index (χ0) is 18.5. The Balaban J connectivity index is 1.52. The van der Waals surface area contributed by atoms with Gasteiger partial charge in [0.05, 0.1) is 0 Å². The maximum atomic E-state index is 12.0. The Kier molecular flexibility index (Phi) is 6.08. The first kappa shape index (κ1) is 18.6. The molecule has 5 nitrogen and oxygen atoms in total. The fourth-order valence-electron chi connectivity index (χ4n) is 2.16. The molecule has 0 unspecified atom stereocenters. The molecule has 1 aromatic heterocycles. The summed E-state index contributed by atoms with van der Waals surface area (Å²) < 4.78 is 5.46. The second kappa shape index (κ2) is 8.49. The number of nitrogens with zero attached hydrogens (tertiary/aromatic N) is 2. The van der Waals surface area contributed by atoms with Crippen molar-refractivity contribution in [3.05, 3.63) is 68.6 Å². The number of halogens is 2. The van der Waals surface area contributed by atoms with Gasteiger partial charge in [-0.2, -0.15) is 0 Å². The normalized spacial score (nSPS) is 10.6. The van der Waals surface area contributed by atoms with Gasteiger partial charge < -0.3 is 4.74 Å². The zero-order valence-electron chi connectivity index (χ0n) is 13.8. The lowest BCUT2D eigenvalue weighted by Crippen LogP contribution is -2.20. The van der Waals surface area contributed by atoms with Gasteiger partial charge in [0.2, 0.25) is 5.13 Å². The van der Waals surface area contributed by atoms with Crippen LogP contribution in [0, 0.1) is 6.92 Å². The summed E-state index contributed by atoms with van der Waals surface area (Å²) in [5.41, 5.74) is 1.96. The van der Waals surface area contributed by atoms with E-state index in [0.717, 1.165) is 16.1 Å². The fraction of sp³-hybridized carbons (Fsp3) is 0.167. The summed E-state index contributed by atoms with van der Waals surface area (Å²) in [7, 11) is 0. The van der Waals surface area contributed by atoms with Crippen molar-refractivity contribution in [2.24, 2.45) is 0 Å². The molecule has 1 N–H and O–H groups in total. The first-order valence-electron chi connectivity index (χ1n) is 7.75. The SMILES string of the molecule is Cc1cc(OCC(=O)Nc2nnc(Cc3ccc(Cl)cc3)s2)ccc1Cl. The number of rotatable bonds is 6. The van der Waals surface area contributed by atoms with Crippen LogP contribution in [0.2, 0.25) is 10.0 Å². The molecule has 26 heavy (non-hydrogen) atoms. The van der Waals surface area contributed by atoms with Crippen LogP contribution in [0.4, 0.5) is 5.13 Å². The summed E-state index contributed by atoms with van der Waals surface area (Å²) in [6.07, 6.45) is 0.630. The first-order chi connectivity index (χ1) is 12.5. The Morgan fingerprint density at radius 1 is 1.15 bits per heavy atom. The van der Waals surface area contributed by atoms with Crippen LogP contribution in [0.5, 0.6) is 5.75 Å². The second-order valence-electron chi connectivity index (χ2n) is 5.55. The van der Waals surface area contributed by atoms with Crippen LogP contribution in [-0.2, 0) is 11.2 Å². The zero-order valence-corrected chi connectivity index (χ0v) is 16.2. The Labute approximate surface area is 164 Å². The summed E-state index contributed by atoms with van der Waals surface area (Å²) in [4.78, 5) is 12.0. The van der Waals surface area contributed by atoms with Crippen LogP contribution in [0.25, 0.3) is 0 Å². The van der Waals surface area contributed by atoms with Crippen molar-refractivity contribution in [1.82, 2.24) is 10.2 Å². The van der Waals surface area contributed by atoms with Crippen LogP contribution in [0.3, 0.4) is 0 Å². The molecule has 0 fully saturated rings. The third kappa shape index (κ3) is 5.17. The third-order valence-corrected chi connectivity index (χ3v) is 5.00. The molecule has 0 bridgehead atoms. The Morgan fingerprint density at radius 2 is 1.92 bits per heavy atom. The number of benzene rings is 2. The van der Waals surface area contributed by atoms with Crippen molar-refractivity contribution in [3.8, 4) is 5.75 Å². The van der Waals surface area contributed by atoms with Gasteiger partial charge in [-0.3, -0.25) is 10.1 Å². The standard InChI is InChI=1S/C18H15Cl2N3O2S/c1-11-8-14(6-7-15(11)20)25-10-16(24)21-18-23-22-17(26-18)9-12-2-4-13(19)5-3-12/h2-8H,9-10H2,1H3,(H,21,23,24). The number of amides is 1. The molecule has 0 spiro atoms. The van der Waals surface area contributed by atoms with Gasteiger partial charge in [-0.25, -0.2) is 0 Å². The molecule has 0 radical (unpaired) electrons. The van der Waals surface area contributed by atoms with Crippen LogP contribution in [-0.4, -0.2) is 22.7 Å². The summed E-state index contributed by atoms with van der Waals surface area (Å²) in [6, 6.07) is 12.8. The maximum absolute atomic E-state index is 12.0. The Hall–Kier alpha value is -2.15. The number of ether oxygens (including phenoxy) is 1. The molecule has 134 valence electrons. The number of aryl methyl sites for hydroxylation is 1. The lowest BCUT2D eigenvalue weighted by Gasteiger charge is -2.07. The number of hydrogen-bond acceptors (Lipinski definition) is 5. The van der Waals surface area contributed by atoms with Crippen LogP contribution < -0.4 is 10.1 Å². The highest BCUT2D eigenvalue weighted by atomic mass is 35.5. The van der Waals surface area contributed by atoms with E-state index in [2.05, 4.69) is 15.5 Å². The topological polar surface area (TPSA) is 64.1 Å². The van der Waals surface area contributed by atoms with Gasteiger partial charge in [0.15, 0.2) is 6.61 Å². The van der Waals surface area contributed by atoms with Gasteiger partial charge in [-0.05, 0) is 48.4 Å². The number of carbonyl (C=O) groups excluding carboxylic acids is 1. The largest absolute Gasteiger partial charge is 0.484 e. The van der Waals surface area contributed by atoms with Gasteiger partial charge in [-0.1, -0.05) is 46.7 Å².